The SMILES string of the molecule is CC(O)CC(C)CNC(=O)C(=O)Nc1ccccc1C(C)(C)C. The van der Waals surface area contributed by atoms with Crippen LogP contribution in [0.25, 0.3) is 0 Å². The summed E-state index contributed by atoms with van der Waals surface area (Å²) >= 11 is 0. The predicted molar refractivity (Wildman–Crippen MR) is 92.2 cm³/mol. The quantitative estimate of drug-likeness (QED) is 0.729. The molecule has 1 rings (SSSR count). The lowest BCUT2D eigenvalue weighted by atomic mass is 9.86. The van der Waals surface area contributed by atoms with Crippen LogP contribution >= 0.6 is 0 Å². The fourth-order valence-electron chi connectivity index (χ4n) is 2.44. The summed E-state index contributed by atoms with van der Waals surface area (Å²) in [6, 6.07) is 7.47. The lowest BCUT2D eigenvalue weighted by Gasteiger charge is -2.23. The topological polar surface area (TPSA) is 78.4 Å². The fraction of sp³-hybridized carbons (Fsp3) is 0.556. The van der Waals surface area contributed by atoms with E-state index in [2.05, 4.69) is 31.4 Å². The maximum Gasteiger partial charge on any atom is 0.313 e. The molecular formula is C18H28N2O3. The molecule has 5 nitrogen and oxygen atoms in total. The number of hydrogen-bond acceptors (Lipinski definition) is 3. The molecule has 3 N–H and O–H groups in total. The number of rotatable bonds is 5. The van der Waals surface area contributed by atoms with Gasteiger partial charge in [0.1, 0.15) is 0 Å². The minimum absolute atomic E-state index is 0.105. The Kier molecular flexibility index (Phi) is 6.76. The van der Waals surface area contributed by atoms with Gasteiger partial charge in [0.05, 0.1) is 6.10 Å². The Hall–Kier alpha value is -1.88. The molecule has 2 atom stereocenters. The van der Waals surface area contributed by atoms with Gasteiger partial charge in [-0.1, -0.05) is 45.9 Å². The maximum absolute atomic E-state index is 12.1. The first kappa shape index (κ1) is 19.2. The summed E-state index contributed by atoms with van der Waals surface area (Å²) in [7, 11) is 0. The van der Waals surface area contributed by atoms with Crippen molar-refractivity contribution in [3.8, 4) is 0 Å². The van der Waals surface area contributed by atoms with Crippen molar-refractivity contribution >= 4 is 17.5 Å². The van der Waals surface area contributed by atoms with Crippen LogP contribution in [0.15, 0.2) is 24.3 Å². The van der Waals surface area contributed by atoms with Crippen LogP contribution in [-0.4, -0.2) is 29.6 Å². The summed E-state index contributed by atoms with van der Waals surface area (Å²) in [6.07, 6.45) is 0.156. The Morgan fingerprint density at radius 3 is 2.30 bits per heavy atom. The highest BCUT2D eigenvalue weighted by Gasteiger charge is 2.21. The van der Waals surface area contributed by atoms with E-state index in [9.17, 15) is 14.7 Å². The van der Waals surface area contributed by atoms with Gasteiger partial charge in [-0.3, -0.25) is 9.59 Å². The van der Waals surface area contributed by atoms with Crippen LogP contribution in [0.3, 0.4) is 0 Å². The van der Waals surface area contributed by atoms with Gasteiger partial charge in [-0.2, -0.15) is 0 Å². The van der Waals surface area contributed by atoms with E-state index in [1.165, 1.54) is 0 Å². The summed E-state index contributed by atoms with van der Waals surface area (Å²) < 4.78 is 0. The summed E-state index contributed by atoms with van der Waals surface area (Å²) in [5, 5.41) is 14.6. The van der Waals surface area contributed by atoms with Crippen LogP contribution < -0.4 is 10.6 Å². The summed E-state index contributed by atoms with van der Waals surface area (Å²) in [5.74, 6) is -1.23. The normalized spacial score (nSPS) is 14.0. The maximum atomic E-state index is 12.1. The minimum Gasteiger partial charge on any atom is -0.393 e. The smallest absolute Gasteiger partial charge is 0.313 e. The number of carbonyl (C=O) groups excluding carboxylic acids is 2. The third kappa shape index (κ3) is 6.40. The number of nitrogens with one attached hydrogen (secondary N) is 2. The van der Waals surface area contributed by atoms with Gasteiger partial charge in [0, 0.05) is 12.2 Å². The minimum atomic E-state index is -0.675. The van der Waals surface area contributed by atoms with E-state index in [0.717, 1.165) is 5.56 Å². The molecule has 0 aliphatic rings. The van der Waals surface area contributed by atoms with Crippen molar-refractivity contribution in [3.05, 3.63) is 29.8 Å². The second-order valence-corrected chi connectivity index (χ2v) is 7.15. The molecule has 0 heterocycles. The first-order chi connectivity index (χ1) is 10.6. The molecule has 128 valence electrons. The van der Waals surface area contributed by atoms with Gasteiger partial charge in [0.25, 0.3) is 0 Å². The Balaban J connectivity index is 2.65. The number of carbonyl (C=O) groups is 2. The van der Waals surface area contributed by atoms with E-state index in [-0.39, 0.29) is 11.3 Å². The van der Waals surface area contributed by atoms with Crippen molar-refractivity contribution in [2.24, 2.45) is 5.92 Å². The molecule has 1 aromatic carbocycles. The third-order valence-corrected chi connectivity index (χ3v) is 3.54. The average molecular weight is 320 g/mol. The molecular weight excluding hydrogens is 292 g/mol. The number of anilines is 1. The van der Waals surface area contributed by atoms with Gasteiger partial charge >= 0.3 is 11.8 Å². The molecule has 2 unspecified atom stereocenters. The number of hydrogen-bond donors (Lipinski definition) is 3. The first-order valence-electron chi connectivity index (χ1n) is 7.98. The van der Waals surface area contributed by atoms with Gasteiger partial charge in [0.2, 0.25) is 0 Å². The van der Waals surface area contributed by atoms with E-state index < -0.39 is 17.9 Å². The fourth-order valence-corrected chi connectivity index (χ4v) is 2.44. The zero-order valence-corrected chi connectivity index (χ0v) is 14.6. The number of para-hydroxylation sites is 1. The van der Waals surface area contributed by atoms with Crippen LogP contribution in [0, 0.1) is 5.92 Å². The van der Waals surface area contributed by atoms with Crippen molar-refractivity contribution < 1.29 is 14.7 Å². The van der Waals surface area contributed by atoms with Crippen LogP contribution in [-0.2, 0) is 15.0 Å². The average Bonchev–Trinajstić information content (AvgIpc) is 2.43. The van der Waals surface area contributed by atoms with Crippen molar-refractivity contribution in [1.29, 1.82) is 0 Å². The molecule has 0 fully saturated rings. The molecule has 5 heteroatoms. The van der Waals surface area contributed by atoms with E-state index >= 15 is 0 Å². The second-order valence-electron chi connectivity index (χ2n) is 7.15. The van der Waals surface area contributed by atoms with Crippen molar-refractivity contribution in [3.63, 3.8) is 0 Å². The van der Waals surface area contributed by atoms with Gasteiger partial charge < -0.3 is 15.7 Å². The Morgan fingerprint density at radius 1 is 1.13 bits per heavy atom. The Morgan fingerprint density at radius 2 is 1.74 bits per heavy atom. The van der Waals surface area contributed by atoms with Crippen molar-refractivity contribution in [2.45, 2.75) is 52.6 Å². The second kappa shape index (κ2) is 8.11. The van der Waals surface area contributed by atoms with E-state index in [1.54, 1.807) is 13.0 Å². The van der Waals surface area contributed by atoms with E-state index in [4.69, 9.17) is 0 Å². The molecule has 0 aliphatic heterocycles. The third-order valence-electron chi connectivity index (χ3n) is 3.54. The molecule has 0 saturated carbocycles. The van der Waals surface area contributed by atoms with Gasteiger partial charge in [-0.15, -0.1) is 0 Å². The standard InChI is InChI=1S/C18H28N2O3/c1-12(10-13(2)21)11-19-16(22)17(23)20-15-9-7-6-8-14(15)18(3,4)5/h6-9,12-13,21H,10-11H2,1-5H3,(H,19,22)(H,20,23). The van der Waals surface area contributed by atoms with Crippen LogP contribution in [0.2, 0.25) is 0 Å². The zero-order valence-electron chi connectivity index (χ0n) is 14.6. The number of benzene rings is 1. The largest absolute Gasteiger partial charge is 0.393 e. The highest BCUT2D eigenvalue weighted by molar-refractivity contribution is 6.39. The molecule has 0 saturated heterocycles. The highest BCUT2D eigenvalue weighted by atomic mass is 16.3. The van der Waals surface area contributed by atoms with Gasteiger partial charge in [-0.05, 0) is 36.3 Å². The Bertz CT molecular complexity index is 547. The van der Waals surface area contributed by atoms with Crippen LogP contribution in [0.4, 0.5) is 5.69 Å². The molecule has 0 spiro atoms. The monoisotopic (exact) mass is 320 g/mol. The summed E-state index contributed by atoms with van der Waals surface area (Å²) in [5.41, 5.74) is 1.49. The molecule has 2 amide bonds. The van der Waals surface area contributed by atoms with Gasteiger partial charge in [-0.25, -0.2) is 0 Å². The van der Waals surface area contributed by atoms with Crippen LogP contribution in [0.5, 0.6) is 0 Å². The highest BCUT2D eigenvalue weighted by Crippen LogP contribution is 2.29. The molecule has 0 bridgehead atoms. The molecule has 0 aliphatic carbocycles. The lowest BCUT2D eigenvalue weighted by molar-refractivity contribution is -0.136. The van der Waals surface area contributed by atoms with Crippen molar-refractivity contribution in [1.82, 2.24) is 5.32 Å². The number of amides is 2. The van der Waals surface area contributed by atoms with Crippen molar-refractivity contribution in [2.75, 3.05) is 11.9 Å². The van der Waals surface area contributed by atoms with Gasteiger partial charge in [0.15, 0.2) is 0 Å². The molecule has 0 aromatic heterocycles. The molecule has 0 radical (unpaired) electrons. The van der Waals surface area contributed by atoms with Crippen LogP contribution in [0.1, 0.15) is 46.6 Å². The predicted octanol–water partition coefficient (Wildman–Crippen LogP) is 2.45. The number of aliphatic hydroxyl groups excluding tert-OH is 1. The Labute approximate surface area is 138 Å². The number of aliphatic hydroxyl groups is 1. The lowest BCUT2D eigenvalue weighted by Crippen LogP contribution is -2.38. The summed E-state index contributed by atoms with van der Waals surface area (Å²) in [6.45, 7) is 10.1. The molecule has 23 heavy (non-hydrogen) atoms. The first-order valence-corrected chi connectivity index (χ1v) is 7.98. The van der Waals surface area contributed by atoms with E-state index in [1.807, 2.05) is 25.1 Å². The molecule has 1 aromatic rings. The summed E-state index contributed by atoms with van der Waals surface area (Å²) in [4.78, 5) is 24.0. The zero-order chi connectivity index (χ0) is 17.6. The van der Waals surface area contributed by atoms with E-state index in [0.29, 0.717) is 18.7 Å².